The highest BCUT2D eigenvalue weighted by atomic mass is 19.4. The Balaban J connectivity index is 0.872. The van der Waals surface area contributed by atoms with Gasteiger partial charge in [-0.05, 0) is 68.7 Å². The average Bonchev–Trinajstić information content (AvgIpc) is 3.69. The zero-order valence-electron chi connectivity index (χ0n) is 29.8. The molecule has 1 unspecified atom stereocenters. The van der Waals surface area contributed by atoms with Crippen LogP contribution in [0, 0.1) is 5.92 Å². The predicted octanol–water partition coefficient (Wildman–Crippen LogP) is 4.68. The smallest absolute Gasteiger partial charge is 0.305 e. The van der Waals surface area contributed by atoms with Crippen molar-refractivity contribution >= 4 is 45.5 Å². The number of nitrogens with zero attached hydrogens (tertiary/aromatic N) is 8. The first-order valence-corrected chi connectivity index (χ1v) is 18.3. The standard InChI is InChI=1S/C37H38F4N10O4/c1-48-33-24(3-2-4-28(33)51(36(48)55)29-9-10-32(52)46-35(29)54)23-11-12-49(19-25(23)38)17-20-5-7-22(8-6-20)50-18-21-13-31(43-15-26(21)47-50)45-34(53)27-14-42-16-30(44-27)37(39,40)41/h2-4,13-16,18,20,22-23,25,29H,5-12,17,19H2,1H3,(H,45,53)(H,46,52,54)/t20?,22?,23-,25+,29?/m0/s1. The monoisotopic (exact) mass is 762 g/mol. The summed E-state index contributed by atoms with van der Waals surface area (Å²) in [7, 11) is 1.64. The SMILES string of the molecule is Cn1c(=O)n(C2CCC(=O)NC2=O)c2cccc([C@@H]3CCN(CC4CCC(n5cc6cc(NC(=O)c7cncc(C(F)(F)F)n7)ncc6n5)CC4)C[C@H]3F)c21. The zero-order valence-corrected chi connectivity index (χ0v) is 29.8. The maximum Gasteiger partial charge on any atom is 0.434 e. The number of pyridine rings is 1. The number of benzene rings is 1. The highest BCUT2D eigenvalue weighted by molar-refractivity contribution is 6.03. The molecule has 3 atom stereocenters. The molecule has 8 rings (SSSR count). The fourth-order valence-electron chi connectivity index (χ4n) is 8.43. The third kappa shape index (κ3) is 7.10. The van der Waals surface area contributed by atoms with Crippen molar-refractivity contribution in [3.63, 3.8) is 0 Å². The molecule has 2 saturated heterocycles. The van der Waals surface area contributed by atoms with Gasteiger partial charge in [-0.1, -0.05) is 12.1 Å². The molecule has 1 saturated carbocycles. The molecule has 3 aliphatic rings. The first-order chi connectivity index (χ1) is 26.3. The van der Waals surface area contributed by atoms with Crippen LogP contribution >= 0.6 is 0 Å². The number of carbonyl (C=O) groups is 3. The van der Waals surface area contributed by atoms with E-state index < -0.39 is 47.5 Å². The van der Waals surface area contributed by atoms with Gasteiger partial charge in [-0.15, -0.1) is 0 Å². The highest BCUT2D eigenvalue weighted by Crippen LogP contribution is 2.38. The van der Waals surface area contributed by atoms with E-state index in [4.69, 9.17) is 0 Å². The number of likely N-dealkylation sites (tertiary alicyclic amines) is 1. The number of anilines is 1. The molecular formula is C37H38F4N10O4. The Kier molecular flexibility index (Phi) is 9.47. The number of aryl methyl sites for hydroxylation is 1. The van der Waals surface area contributed by atoms with Crippen molar-refractivity contribution in [1.82, 2.24) is 44.1 Å². The van der Waals surface area contributed by atoms with E-state index >= 15 is 4.39 Å². The predicted molar refractivity (Wildman–Crippen MR) is 191 cm³/mol. The number of hydrogen-bond acceptors (Lipinski definition) is 9. The number of hydrogen-bond donors (Lipinski definition) is 2. The molecule has 0 bridgehead atoms. The molecule has 6 heterocycles. The fourth-order valence-corrected chi connectivity index (χ4v) is 8.43. The Morgan fingerprint density at radius 1 is 1.04 bits per heavy atom. The van der Waals surface area contributed by atoms with E-state index in [1.165, 1.54) is 15.3 Å². The van der Waals surface area contributed by atoms with Crippen LogP contribution in [0.15, 0.2) is 53.8 Å². The number of fused-ring (bicyclic) bond motifs is 2. The Morgan fingerprint density at radius 2 is 1.84 bits per heavy atom. The second kappa shape index (κ2) is 14.3. The number of halogens is 4. The zero-order chi connectivity index (χ0) is 38.6. The van der Waals surface area contributed by atoms with Crippen LogP contribution in [0.2, 0.25) is 0 Å². The molecule has 1 aliphatic carbocycles. The molecular weight excluding hydrogens is 724 g/mol. The summed E-state index contributed by atoms with van der Waals surface area (Å²) in [6.07, 6.45) is 3.56. The van der Waals surface area contributed by atoms with Gasteiger partial charge in [-0.25, -0.2) is 19.2 Å². The minimum atomic E-state index is -4.73. The summed E-state index contributed by atoms with van der Waals surface area (Å²) in [5.41, 5.74) is 0.407. The van der Waals surface area contributed by atoms with Gasteiger partial charge in [0.2, 0.25) is 11.8 Å². The summed E-state index contributed by atoms with van der Waals surface area (Å²) in [5, 5.41) is 10.2. The maximum atomic E-state index is 16.1. The minimum Gasteiger partial charge on any atom is -0.305 e. The normalized spacial score (nSPS) is 24.0. The lowest BCUT2D eigenvalue weighted by molar-refractivity contribution is -0.141. The number of imidazole rings is 1. The third-order valence-corrected chi connectivity index (χ3v) is 11.2. The Hall–Kier alpha value is -5.52. The molecule has 0 radical (unpaired) electrons. The summed E-state index contributed by atoms with van der Waals surface area (Å²) >= 11 is 0. The number of rotatable bonds is 7. The van der Waals surface area contributed by atoms with Crippen molar-refractivity contribution in [3.05, 3.63) is 76.5 Å². The van der Waals surface area contributed by atoms with Gasteiger partial charge in [-0.2, -0.15) is 18.3 Å². The molecule has 55 heavy (non-hydrogen) atoms. The lowest BCUT2D eigenvalue weighted by Gasteiger charge is -2.38. The van der Waals surface area contributed by atoms with Crippen LogP contribution in [-0.4, -0.2) is 82.3 Å². The Labute approximate surface area is 310 Å². The van der Waals surface area contributed by atoms with Gasteiger partial charge in [0.05, 0.1) is 35.7 Å². The van der Waals surface area contributed by atoms with E-state index in [0.29, 0.717) is 47.0 Å². The minimum absolute atomic E-state index is 0.140. The van der Waals surface area contributed by atoms with Crippen LogP contribution in [-0.2, 0) is 22.8 Å². The topological polar surface area (TPSA) is 162 Å². The molecule has 4 aromatic heterocycles. The van der Waals surface area contributed by atoms with Crippen molar-refractivity contribution in [2.45, 2.75) is 75.3 Å². The second-order valence-electron chi connectivity index (χ2n) is 14.7. The van der Waals surface area contributed by atoms with Gasteiger partial charge in [0.25, 0.3) is 5.91 Å². The van der Waals surface area contributed by atoms with E-state index in [-0.39, 0.29) is 42.8 Å². The molecule has 2 N–H and O–H groups in total. The Bertz CT molecular complexity index is 2360. The summed E-state index contributed by atoms with van der Waals surface area (Å²) in [6.45, 7) is 1.76. The number of alkyl halides is 4. The van der Waals surface area contributed by atoms with Crippen molar-refractivity contribution in [2.24, 2.45) is 13.0 Å². The van der Waals surface area contributed by atoms with Crippen LogP contribution in [0.1, 0.15) is 84.7 Å². The average molecular weight is 763 g/mol. The molecule has 14 nitrogen and oxygen atoms in total. The fraction of sp³-hybridized carbons (Fsp3) is 0.459. The quantitative estimate of drug-likeness (QED) is 0.177. The number of aromatic nitrogens is 7. The third-order valence-electron chi connectivity index (χ3n) is 11.2. The van der Waals surface area contributed by atoms with E-state index in [1.807, 2.05) is 16.9 Å². The maximum absolute atomic E-state index is 16.1. The summed E-state index contributed by atoms with van der Waals surface area (Å²) in [4.78, 5) is 63.6. The summed E-state index contributed by atoms with van der Waals surface area (Å²) < 4.78 is 59.9. The first-order valence-electron chi connectivity index (χ1n) is 18.3. The molecule has 3 amide bonds. The van der Waals surface area contributed by atoms with E-state index in [1.54, 1.807) is 25.2 Å². The van der Waals surface area contributed by atoms with Gasteiger partial charge < -0.3 is 10.2 Å². The van der Waals surface area contributed by atoms with Gasteiger partial charge >= 0.3 is 11.9 Å². The van der Waals surface area contributed by atoms with E-state index in [9.17, 15) is 32.3 Å². The molecule has 3 fully saturated rings. The first kappa shape index (κ1) is 36.5. The highest BCUT2D eigenvalue weighted by Gasteiger charge is 2.37. The van der Waals surface area contributed by atoms with E-state index in [2.05, 4.69) is 35.6 Å². The molecule has 1 aromatic carbocycles. The van der Waals surface area contributed by atoms with Crippen molar-refractivity contribution in [2.75, 3.05) is 25.0 Å². The molecule has 2 aliphatic heterocycles. The number of carbonyl (C=O) groups excluding carboxylic acids is 3. The number of imide groups is 1. The number of amides is 3. The van der Waals surface area contributed by atoms with Crippen LogP contribution < -0.4 is 16.3 Å². The van der Waals surface area contributed by atoms with Crippen LogP contribution in [0.4, 0.5) is 23.4 Å². The van der Waals surface area contributed by atoms with Crippen LogP contribution in [0.3, 0.4) is 0 Å². The molecule has 5 aromatic rings. The summed E-state index contributed by atoms with van der Waals surface area (Å²) in [6, 6.07) is 6.38. The number of nitrogens with one attached hydrogen (secondary N) is 2. The van der Waals surface area contributed by atoms with Gasteiger partial charge in [0, 0.05) is 44.1 Å². The van der Waals surface area contributed by atoms with Gasteiger partial charge in [-0.3, -0.25) is 38.5 Å². The van der Waals surface area contributed by atoms with Gasteiger partial charge in [0.15, 0.2) is 5.69 Å². The number of para-hydroxylation sites is 1. The largest absolute Gasteiger partial charge is 0.434 e. The molecule has 18 heteroatoms. The Morgan fingerprint density at radius 3 is 2.58 bits per heavy atom. The van der Waals surface area contributed by atoms with Crippen LogP contribution in [0.5, 0.6) is 0 Å². The van der Waals surface area contributed by atoms with Crippen LogP contribution in [0.25, 0.3) is 21.9 Å². The molecule has 288 valence electrons. The van der Waals surface area contributed by atoms with Crippen molar-refractivity contribution in [1.29, 1.82) is 0 Å². The van der Waals surface area contributed by atoms with Gasteiger partial charge in [0.1, 0.15) is 29.2 Å². The molecule has 0 spiro atoms. The lowest BCUT2D eigenvalue weighted by atomic mass is 9.83. The summed E-state index contributed by atoms with van der Waals surface area (Å²) in [5.74, 6) is -1.62. The lowest BCUT2D eigenvalue weighted by Crippen LogP contribution is -2.44. The van der Waals surface area contributed by atoms with Crippen molar-refractivity contribution in [3.8, 4) is 0 Å². The van der Waals surface area contributed by atoms with E-state index in [0.717, 1.165) is 44.0 Å². The second-order valence-corrected chi connectivity index (χ2v) is 14.7. The van der Waals surface area contributed by atoms with Crippen molar-refractivity contribution < 1.29 is 31.9 Å². The number of piperidine rings is 2.